The van der Waals surface area contributed by atoms with Gasteiger partial charge in [-0.1, -0.05) is 55.2 Å². The van der Waals surface area contributed by atoms with Crippen LogP contribution >= 0.6 is 23.2 Å². The molecule has 2 atom stereocenters. The molecule has 3 N–H and O–H groups in total. The van der Waals surface area contributed by atoms with Gasteiger partial charge < -0.3 is 5.73 Å². The number of carbonyl (C=O) groups is 1. The van der Waals surface area contributed by atoms with E-state index >= 15 is 0 Å². The van der Waals surface area contributed by atoms with Crippen molar-refractivity contribution in [1.82, 2.24) is 4.72 Å². The highest BCUT2D eigenvalue weighted by atomic mass is 35.5. The van der Waals surface area contributed by atoms with Gasteiger partial charge in [0.05, 0.1) is 16.6 Å². The summed E-state index contributed by atoms with van der Waals surface area (Å²) < 4.78 is 44.1. The van der Waals surface area contributed by atoms with E-state index in [0.717, 1.165) is 0 Å². The van der Waals surface area contributed by atoms with Crippen LogP contribution < -0.4 is 15.5 Å². The SMILES string of the molecule is CC(C)[C@H](N=C(NS(=O)(=O)c1ccc(Cl)cc1)C1=NN(c2ccc(Cl)cc2)[C@@H](c2ccccc2F)C1)C(N)=O. The number of primary amides is 1. The zero-order chi connectivity index (χ0) is 28.3. The number of hydrogen-bond donors (Lipinski definition) is 2. The Morgan fingerprint density at radius 1 is 1.05 bits per heavy atom. The number of carbonyl (C=O) groups excluding carboxylic acids is 1. The molecule has 0 unspecified atom stereocenters. The first-order valence-electron chi connectivity index (χ1n) is 12.0. The fraction of sp³-hybridized carbons (Fsp3) is 0.222. The summed E-state index contributed by atoms with van der Waals surface area (Å²) in [6, 6.07) is 16.9. The van der Waals surface area contributed by atoms with Crippen molar-refractivity contribution in [2.24, 2.45) is 21.7 Å². The number of nitrogens with one attached hydrogen (secondary N) is 1. The van der Waals surface area contributed by atoms with Crippen molar-refractivity contribution >= 4 is 56.4 Å². The number of aliphatic imine (C=N–C) groups is 1. The number of amidine groups is 1. The van der Waals surface area contributed by atoms with Crippen molar-refractivity contribution < 1.29 is 17.6 Å². The van der Waals surface area contributed by atoms with E-state index < -0.39 is 33.8 Å². The molecule has 0 fully saturated rings. The maximum atomic E-state index is 15.0. The van der Waals surface area contributed by atoms with Crippen LogP contribution in [0.15, 0.2) is 87.8 Å². The van der Waals surface area contributed by atoms with Gasteiger partial charge in [-0.05, 0) is 60.5 Å². The number of rotatable bonds is 8. The standard InChI is InChI=1S/C27H26Cl2FN5O3S/c1-16(2)25(26(31)36)32-27(34-39(37,38)20-13-9-18(29)10-14-20)23-15-24(21-5-3-4-6-22(21)30)35(33-23)19-11-7-17(28)8-12-19/h3-14,16,24-25H,15H2,1-2H3,(H2,31,36)(H,32,34)/t24-,25+/m1/s1. The second kappa shape index (κ2) is 11.7. The smallest absolute Gasteiger partial charge is 0.263 e. The molecule has 8 nitrogen and oxygen atoms in total. The van der Waals surface area contributed by atoms with E-state index in [9.17, 15) is 17.6 Å². The molecular weight excluding hydrogens is 564 g/mol. The fourth-order valence-corrected chi connectivity index (χ4v) is 5.40. The predicted octanol–water partition coefficient (Wildman–Crippen LogP) is 5.33. The van der Waals surface area contributed by atoms with Crippen molar-refractivity contribution in [1.29, 1.82) is 0 Å². The fourth-order valence-electron chi connectivity index (χ4n) is 4.11. The molecule has 204 valence electrons. The lowest BCUT2D eigenvalue weighted by atomic mass is 10.00. The Kier molecular flexibility index (Phi) is 8.58. The Morgan fingerprint density at radius 2 is 1.64 bits per heavy atom. The number of nitrogens with two attached hydrogens (primary N) is 1. The third kappa shape index (κ3) is 6.58. The average Bonchev–Trinajstić information content (AvgIpc) is 3.32. The van der Waals surface area contributed by atoms with Crippen LogP contribution in [0.4, 0.5) is 10.1 Å². The number of hydrazone groups is 1. The summed E-state index contributed by atoms with van der Waals surface area (Å²) in [5.74, 6) is -1.68. The summed E-state index contributed by atoms with van der Waals surface area (Å²) in [5.41, 5.74) is 6.74. The third-order valence-electron chi connectivity index (χ3n) is 6.09. The molecule has 1 aliphatic rings. The average molecular weight is 591 g/mol. The highest BCUT2D eigenvalue weighted by Crippen LogP contribution is 2.37. The van der Waals surface area contributed by atoms with Gasteiger partial charge in [0.15, 0.2) is 5.84 Å². The molecule has 4 rings (SSSR count). The number of anilines is 1. The van der Waals surface area contributed by atoms with Crippen molar-refractivity contribution in [2.45, 2.75) is 37.2 Å². The van der Waals surface area contributed by atoms with Crippen LogP contribution in [0.2, 0.25) is 10.0 Å². The summed E-state index contributed by atoms with van der Waals surface area (Å²) in [6.07, 6.45) is 0.0785. The highest BCUT2D eigenvalue weighted by molar-refractivity contribution is 7.90. The van der Waals surface area contributed by atoms with E-state index in [1.165, 1.54) is 30.3 Å². The molecule has 3 aromatic rings. The number of nitrogens with zero attached hydrogens (tertiary/aromatic N) is 3. The van der Waals surface area contributed by atoms with Crippen LogP contribution in [0.5, 0.6) is 0 Å². The van der Waals surface area contributed by atoms with Crippen molar-refractivity contribution in [3.63, 3.8) is 0 Å². The van der Waals surface area contributed by atoms with Crippen LogP contribution in [0, 0.1) is 11.7 Å². The molecule has 0 bridgehead atoms. The second-order valence-electron chi connectivity index (χ2n) is 9.24. The van der Waals surface area contributed by atoms with Gasteiger partial charge in [0.1, 0.15) is 17.6 Å². The largest absolute Gasteiger partial charge is 0.368 e. The Balaban J connectivity index is 1.83. The first kappa shape index (κ1) is 28.5. The lowest BCUT2D eigenvalue weighted by Crippen LogP contribution is -2.40. The molecule has 1 aliphatic heterocycles. The number of hydrogen-bond acceptors (Lipinski definition) is 6. The van der Waals surface area contributed by atoms with E-state index in [1.54, 1.807) is 61.3 Å². The molecule has 0 radical (unpaired) electrons. The summed E-state index contributed by atoms with van der Waals surface area (Å²) in [4.78, 5) is 16.6. The van der Waals surface area contributed by atoms with Gasteiger partial charge in [0.25, 0.3) is 10.0 Å². The van der Waals surface area contributed by atoms with Gasteiger partial charge in [-0.3, -0.25) is 19.5 Å². The number of amides is 1. The molecule has 1 amide bonds. The van der Waals surface area contributed by atoms with Crippen LogP contribution in [-0.4, -0.2) is 31.9 Å². The van der Waals surface area contributed by atoms with Gasteiger partial charge in [-0.25, -0.2) is 12.8 Å². The molecule has 0 aliphatic carbocycles. The van der Waals surface area contributed by atoms with E-state index in [0.29, 0.717) is 21.3 Å². The van der Waals surface area contributed by atoms with Crippen LogP contribution in [-0.2, 0) is 14.8 Å². The normalized spacial score (nSPS) is 16.8. The van der Waals surface area contributed by atoms with E-state index in [-0.39, 0.29) is 28.8 Å². The molecular formula is C27H26Cl2FN5O3S. The Labute approximate surface area is 236 Å². The minimum Gasteiger partial charge on any atom is -0.368 e. The molecule has 3 aromatic carbocycles. The van der Waals surface area contributed by atoms with Gasteiger partial charge >= 0.3 is 0 Å². The van der Waals surface area contributed by atoms with Crippen LogP contribution in [0.25, 0.3) is 0 Å². The Hall–Kier alpha value is -3.47. The van der Waals surface area contributed by atoms with Crippen molar-refractivity contribution in [2.75, 3.05) is 5.01 Å². The number of halogens is 3. The highest BCUT2D eigenvalue weighted by Gasteiger charge is 2.35. The number of benzene rings is 3. The molecule has 1 heterocycles. The second-order valence-corrected chi connectivity index (χ2v) is 11.8. The monoisotopic (exact) mass is 589 g/mol. The van der Waals surface area contributed by atoms with Crippen LogP contribution in [0.1, 0.15) is 31.9 Å². The van der Waals surface area contributed by atoms with Gasteiger partial charge in [-0.15, -0.1) is 0 Å². The Bertz CT molecular complexity index is 1530. The zero-order valence-corrected chi connectivity index (χ0v) is 23.4. The lowest BCUT2D eigenvalue weighted by molar-refractivity contribution is -0.120. The first-order chi connectivity index (χ1) is 18.5. The van der Waals surface area contributed by atoms with Crippen molar-refractivity contribution in [3.8, 4) is 0 Å². The molecule has 0 saturated heterocycles. The quantitative estimate of drug-likeness (QED) is 0.273. The third-order valence-corrected chi connectivity index (χ3v) is 7.94. The summed E-state index contributed by atoms with van der Waals surface area (Å²) in [7, 11) is -4.17. The van der Waals surface area contributed by atoms with Crippen LogP contribution in [0.3, 0.4) is 0 Å². The maximum absolute atomic E-state index is 15.0. The maximum Gasteiger partial charge on any atom is 0.263 e. The summed E-state index contributed by atoms with van der Waals surface area (Å²) >= 11 is 12.0. The minimum atomic E-state index is -4.17. The Morgan fingerprint density at radius 3 is 2.21 bits per heavy atom. The van der Waals surface area contributed by atoms with Crippen molar-refractivity contribution in [3.05, 3.63) is 94.2 Å². The molecule has 12 heteroatoms. The molecule has 0 aromatic heterocycles. The lowest BCUT2D eigenvalue weighted by Gasteiger charge is -2.24. The van der Waals surface area contributed by atoms with E-state index in [4.69, 9.17) is 28.9 Å². The van der Waals surface area contributed by atoms with Gasteiger partial charge in [-0.2, -0.15) is 5.10 Å². The topological polar surface area (TPSA) is 117 Å². The minimum absolute atomic E-state index is 0.0708. The molecule has 0 spiro atoms. The van der Waals surface area contributed by atoms with E-state index in [1.807, 2.05) is 0 Å². The summed E-state index contributed by atoms with van der Waals surface area (Å²) in [6.45, 7) is 3.48. The number of sulfonamides is 1. The predicted molar refractivity (Wildman–Crippen MR) is 152 cm³/mol. The molecule has 0 saturated carbocycles. The zero-order valence-electron chi connectivity index (χ0n) is 21.1. The first-order valence-corrected chi connectivity index (χ1v) is 14.2. The van der Waals surface area contributed by atoms with E-state index in [2.05, 4.69) is 14.8 Å². The molecule has 39 heavy (non-hydrogen) atoms. The van der Waals surface area contributed by atoms with Gasteiger partial charge in [0.2, 0.25) is 5.91 Å². The summed E-state index contributed by atoms with van der Waals surface area (Å²) in [5, 5.41) is 7.10. The van der Waals surface area contributed by atoms with Gasteiger partial charge in [0, 0.05) is 22.0 Å².